The molecule has 1 saturated heterocycles. The van der Waals surface area contributed by atoms with E-state index in [9.17, 15) is 18.8 Å². The monoisotopic (exact) mass is 504 g/mol. The van der Waals surface area contributed by atoms with Crippen molar-refractivity contribution in [2.45, 2.75) is 59.0 Å². The van der Waals surface area contributed by atoms with Crippen LogP contribution in [0.25, 0.3) is 0 Å². The molecule has 1 aromatic heterocycles. The van der Waals surface area contributed by atoms with E-state index >= 15 is 0 Å². The Morgan fingerprint density at radius 2 is 1.89 bits per heavy atom. The molecule has 2 amide bonds. The molecule has 0 radical (unpaired) electrons. The Hall–Kier alpha value is -3.81. The van der Waals surface area contributed by atoms with Crippen LogP contribution in [0.15, 0.2) is 53.3 Å². The molecule has 1 aliphatic rings. The second-order valence-electron chi connectivity index (χ2n) is 10.1. The van der Waals surface area contributed by atoms with Crippen molar-refractivity contribution >= 4 is 11.8 Å². The number of likely N-dealkylation sites (tertiary alicyclic amines) is 1. The number of nitrogens with one attached hydrogen (secondary N) is 2. The minimum Gasteiger partial charge on any atom is -0.343 e. The van der Waals surface area contributed by atoms with Gasteiger partial charge in [0.15, 0.2) is 0 Å². The molecule has 0 saturated carbocycles. The molecule has 2 heterocycles. The normalized spacial score (nSPS) is 17.3. The molecule has 0 spiro atoms. The maximum absolute atomic E-state index is 13.9. The minimum atomic E-state index is -0.344. The van der Waals surface area contributed by atoms with E-state index in [1.807, 2.05) is 30.9 Å². The summed E-state index contributed by atoms with van der Waals surface area (Å²) < 4.78 is 13.9. The standard InChI is InChI=1S/C29H33FN4O3/c1-17(2)25-10-11-26(21-6-5-7-24(30)15-21)34(25)27(35)16-31-28(36)22-9-8-20(18(3)12-22)14-23-13-19(4)32-33-29(23)37/h5-9,12-13,15,17,25-26H,10-11,14,16H2,1-4H3,(H,31,36)(H,33,37)/t25-,26+/m1/s1. The molecule has 194 valence electrons. The highest BCUT2D eigenvalue weighted by atomic mass is 19.1. The molecule has 2 N–H and O–H groups in total. The molecular weight excluding hydrogens is 471 g/mol. The highest BCUT2D eigenvalue weighted by Gasteiger charge is 2.39. The van der Waals surface area contributed by atoms with Crippen LogP contribution in [0.1, 0.15) is 71.0 Å². The predicted octanol–water partition coefficient (Wildman–Crippen LogP) is 4.23. The first-order valence-electron chi connectivity index (χ1n) is 12.6. The van der Waals surface area contributed by atoms with Crippen LogP contribution in [-0.2, 0) is 11.2 Å². The summed E-state index contributed by atoms with van der Waals surface area (Å²) in [5.74, 6) is -0.610. The number of hydrogen-bond donors (Lipinski definition) is 2. The SMILES string of the molecule is Cc1cc(Cc2ccc(C(=O)NCC(=O)N3[C@@H](C(C)C)CC[C@H]3c3cccc(F)c3)cc2C)c(=O)[nH]n1. The molecule has 1 fully saturated rings. The second-order valence-corrected chi connectivity index (χ2v) is 10.1. The Kier molecular flexibility index (Phi) is 7.86. The van der Waals surface area contributed by atoms with Crippen LogP contribution in [0.4, 0.5) is 4.39 Å². The molecule has 0 bridgehead atoms. The van der Waals surface area contributed by atoms with Crippen molar-refractivity contribution in [2.24, 2.45) is 5.92 Å². The Morgan fingerprint density at radius 1 is 1.11 bits per heavy atom. The summed E-state index contributed by atoms with van der Waals surface area (Å²) in [6.07, 6.45) is 2.02. The third-order valence-electron chi connectivity index (χ3n) is 7.11. The van der Waals surface area contributed by atoms with Crippen molar-refractivity contribution in [1.29, 1.82) is 0 Å². The van der Waals surface area contributed by atoms with Crippen molar-refractivity contribution in [3.05, 3.63) is 98.2 Å². The van der Waals surface area contributed by atoms with Crippen molar-refractivity contribution in [3.8, 4) is 0 Å². The van der Waals surface area contributed by atoms with E-state index in [1.54, 1.807) is 24.3 Å². The van der Waals surface area contributed by atoms with Crippen LogP contribution in [-0.4, -0.2) is 39.5 Å². The number of aryl methyl sites for hydroxylation is 2. The maximum atomic E-state index is 13.9. The van der Waals surface area contributed by atoms with Gasteiger partial charge in [-0.25, -0.2) is 9.49 Å². The van der Waals surface area contributed by atoms with Gasteiger partial charge in [-0.1, -0.05) is 32.0 Å². The Morgan fingerprint density at radius 3 is 2.59 bits per heavy atom. The molecule has 7 nitrogen and oxygen atoms in total. The summed E-state index contributed by atoms with van der Waals surface area (Å²) >= 11 is 0. The van der Waals surface area contributed by atoms with Gasteiger partial charge in [-0.3, -0.25) is 14.4 Å². The Labute approximate surface area is 216 Å². The van der Waals surface area contributed by atoms with E-state index in [1.165, 1.54) is 12.1 Å². The number of benzene rings is 2. The molecule has 8 heteroatoms. The lowest BCUT2D eigenvalue weighted by Crippen LogP contribution is -2.45. The predicted molar refractivity (Wildman–Crippen MR) is 140 cm³/mol. The molecule has 0 aliphatic carbocycles. The molecule has 0 unspecified atom stereocenters. The third-order valence-corrected chi connectivity index (χ3v) is 7.11. The van der Waals surface area contributed by atoms with Gasteiger partial charge in [0.1, 0.15) is 5.82 Å². The zero-order chi connectivity index (χ0) is 26.7. The van der Waals surface area contributed by atoms with Crippen molar-refractivity contribution in [2.75, 3.05) is 6.54 Å². The second kappa shape index (κ2) is 11.1. The fourth-order valence-electron chi connectivity index (χ4n) is 5.17. The van der Waals surface area contributed by atoms with E-state index in [0.717, 1.165) is 35.2 Å². The van der Waals surface area contributed by atoms with E-state index in [-0.39, 0.29) is 47.7 Å². The number of carbonyl (C=O) groups is 2. The average Bonchev–Trinajstić information content (AvgIpc) is 3.31. The number of rotatable bonds is 7. The quantitative estimate of drug-likeness (QED) is 0.503. The number of halogens is 1. The lowest BCUT2D eigenvalue weighted by Gasteiger charge is -2.33. The van der Waals surface area contributed by atoms with Gasteiger partial charge < -0.3 is 10.2 Å². The first kappa shape index (κ1) is 26.3. The zero-order valence-corrected chi connectivity index (χ0v) is 21.7. The van der Waals surface area contributed by atoms with Gasteiger partial charge in [0.25, 0.3) is 11.5 Å². The lowest BCUT2D eigenvalue weighted by atomic mass is 9.99. The molecule has 2 aromatic carbocycles. The molecule has 1 aliphatic heterocycles. The van der Waals surface area contributed by atoms with Gasteiger partial charge in [-0.2, -0.15) is 5.10 Å². The summed E-state index contributed by atoms with van der Waals surface area (Å²) in [5.41, 5.74) is 4.12. The summed E-state index contributed by atoms with van der Waals surface area (Å²) in [5, 5.41) is 9.16. The average molecular weight is 505 g/mol. The van der Waals surface area contributed by atoms with Crippen LogP contribution in [0.2, 0.25) is 0 Å². The van der Waals surface area contributed by atoms with Crippen LogP contribution < -0.4 is 10.9 Å². The van der Waals surface area contributed by atoms with Gasteiger partial charge >= 0.3 is 0 Å². The number of hydrogen-bond acceptors (Lipinski definition) is 4. The summed E-state index contributed by atoms with van der Waals surface area (Å²) in [7, 11) is 0. The number of amides is 2. The number of nitrogens with zero attached hydrogens (tertiary/aromatic N) is 2. The highest BCUT2D eigenvalue weighted by molar-refractivity contribution is 5.96. The fraction of sp³-hybridized carbons (Fsp3) is 0.379. The van der Waals surface area contributed by atoms with E-state index in [2.05, 4.69) is 29.4 Å². The number of aromatic amines is 1. The molecule has 37 heavy (non-hydrogen) atoms. The van der Waals surface area contributed by atoms with Crippen molar-refractivity contribution in [1.82, 2.24) is 20.4 Å². The molecule has 3 aromatic rings. The van der Waals surface area contributed by atoms with Gasteiger partial charge in [0, 0.05) is 23.6 Å². The molecular formula is C29H33FN4O3. The lowest BCUT2D eigenvalue weighted by molar-refractivity contribution is -0.134. The van der Waals surface area contributed by atoms with Gasteiger partial charge in [0.2, 0.25) is 5.91 Å². The number of aromatic nitrogens is 2. The maximum Gasteiger partial charge on any atom is 0.267 e. The summed E-state index contributed by atoms with van der Waals surface area (Å²) in [6, 6.07) is 13.3. The van der Waals surface area contributed by atoms with Gasteiger partial charge in [-0.05, 0) is 79.6 Å². The smallest absolute Gasteiger partial charge is 0.267 e. The number of carbonyl (C=O) groups excluding carboxylic acids is 2. The van der Waals surface area contributed by atoms with E-state index in [4.69, 9.17) is 0 Å². The molecule has 4 rings (SSSR count). The Bertz CT molecular complexity index is 1370. The van der Waals surface area contributed by atoms with Gasteiger partial charge in [0.05, 0.1) is 18.3 Å². The summed E-state index contributed by atoms with van der Waals surface area (Å²) in [6.45, 7) is 7.71. The highest BCUT2D eigenvalue weighted by Crippen LogP contribution is 2.39. The van der Waals surface area contributed by atoms with Crippen LogP contribution in [0, 0.1) is 25.6 Å². The van der Waals surface area contributed by atoms with Crippen molar-refractivity contribution < 1.29 is 14.0 Å². The van der Waals surface area contributed by atoms with E-state index < -0.39 is 0 Å². The third kappa shape index (κ3) is 5.96. The number of H-pyrrole nitrogens is 1. The largest absolute Gasteiger partial charge is 0.343 e. The summed E-state index contributed by atoms with van der Waals surface area (Å²) in [4.78, 5) is 40.1. The Balaban J connectivity index is 1.45. The first-order chi connectivity index (χ1) is 17.6. The molecule has 2 atom stereocenters. The van der Waals surface area contributed by atoms with Crippen molar-refractivity contribution in [3.63, 3.8) is 0 Å². The zero-order valence-electron chi connectivity index (χ0n) is 21.7. The minimum absolute atomic E-state index is 0.0270. The van der Waals surface area contributed by atoms with Crippen LogP contribution in [0.3, 0.4) is 0 Å². The van der Waals surface area contributed by atoms with E-state index in [0.29, 0.717) is 17.5 Å². The van der Waals surface area contributed by atoms with Crippen LogP contribution >= 0.6 is 0 Å². The van der Waals surface area contributed by atoms with Gasteiger partial charge in [-0.15, -0.1) is 0 Å². The topological polar surface area (TPSA) is 95.2 Å². The fourth-order valence-corrected chi connectivity index (χ4v) is 5.17. The van der Waals surface area contributed by atoms with Crippen LogP contribution in [0.5, 0.6) is 0 Å². The first-order valence-corrected chi connectivity index (χ1v) is 12.6.